The number of allylic oxidation sites excluding steroid dienone is 2. The smallest absolute Gasteiger partial charge is 0.182 e. The van der Waals surface area contributed by atoms with Gasteiger partial charge in [-0.15, -0.1) is 0 Å². The molecule has 1 heterocycles. The van der Waals surface area contributed by atoms with Crippen molar-refractivity contribution >= 4 is 21.7 Å². The lowest BCUT2D eigenvalue weighted by Gasteiger charge is -2.25. The number of nitrogens with zero attached hydrogens (tertiary/aromatic N) is 1. The first-order chi connectivity index (χ1) is 9.74. The van der Waals surface area contributed by atoms with E-state index in [4.69, 9.17) is 0 Å². The third-order valence-electron chi connectivity index (χ3n) is 3.97. The summed E-state index contributed by atoms with van der Waals surface area (Å²) < 4.78 is 0. The molecule has 2 nitrogen and oxygen atoms in total. The van der Waals surface area contributed by atoms with Crippen molar-refractivity contribution in [1.29, 1.82) is 0 Å². The van der Waals surface area contributed by atoms with Crippen LogP contribution in [0.5, 0.6) is 0 Å². The fourth-order valence-corrected chi connectivity index (χ4v) is 3.27. The number of benzene rings is 1. The molecule has 1 aliphatic heterocycles. The van der Waals surface area contributed by atoms with Crippen LogP contribution in [0.2, 0.25) is 0 Å². The van der Waals surface area contributed by atoms with Crippen LogP contribution in [0.1, 0.15) is 34.3 Å². The minimum atomic E-state index is 0.106. The Morgan fingerprint density at radius 1 is 1.20 bits per heavy atom. The Hall–Kier alpha value is -1.35. The molecule has 0 radical (unpaired) electrons. The van der Waals surface area contributed by atoms with E-state index in [1.807, 2.05) is 35.4 Å². The maximum absolute atomic E-state index is 12.4. The van der Waals surface area contributed by atoms with Crippen LogP contribution in [0.4, 0.5) is 0 Å². The lowest BCUT2D eigenvalue weighted by Crippen LogP contribution is -2.31. The molecule has 1 unspecified atom stereocenters. The van der Waals surface area contributed by atoms with Crippen molar-refractivity contribution in [2.24, 2.45) is 0 Å². The second-order valence-corrected chi connectivity index (χ2v) is 6.32. The Morgan fingerprint density at radius 2 is 2.00 bits per heavy atom. The molecule has 104 valence electrons. The second-order valence-electron chi connectivity index (χ2n) is 5.39. The summed E-state index contributed by atoms with van der Waals surface area (Å²) in [5.74, 6) is 0.183. The fourth-order valence-electron chi connectivity index (χ4n) is 2.81. The van der Waals surface area contributed by atoms with Crippen LogP contribution in [0.25, 0.3) is 0 Å². The van der Waals surface area contributed by atoms with Crippen molar-refractivity contribution in [2.45, 2.75) is 30.6 Å². The highest BCUT2D eigenvalue weighted by atomic mass is 79.9. The molecule has 1 aliphatic carbocycles. The maximum atomic E-state index is 12.4. The Kier molecular flexibility index (Phi) is 4.06. The summed E-state index contributed by atoms with van der Waals surface area (Å²) in [6.45, 7) is 0.412. The number of aryl methyl sites for hydroxylation is 2. The Balaban J connectivity index is 1.74. The summed E-state index contributed by atoms with van der Waals surface area (Å²) in [5.41, 5.74) is 3.63. The zero-order chi connectivity index (χ0) is 13.9. The standard InChI is InChI=1S/C17H18BrNO/c18-17-7-3-4-10-19(17)12-16(20)15-9-8-13-5-1-2-6-14(13)11-15/h3-4,7-11,17H,1-2,5-6,12H2. The molecule has 3 heteroatoms. The van der Waals surface area contributed by atoms with Crippen molar-refractivity contribution in [3.05, 3.63) is 59.3 Å². The zero-order valence-electron chi connectivity index (χ0n) is 11.4. The number of hydrogen-bond acceptors (Lipinski definition) is 2. The van der Waals surface area contributed by atoms with Crippen LogP contribution in [0.3, 0.4) is 0 Å². The van der Waals surface area contributed by atoms with E-state index in [1.54, 1.807) is 0 Å². The van der Waals surface area contributed by atoms with Gasteiger partial charge in [0, 0.05) is 11.8 Å². The highest BCUT2D eigenvalue weighted by Gasteiger charge is 2.17. The van der Waals surface area contributed by atoms with Gasteiger partial charge in [0.25, 0.3) is 0 Å². The van der Waals surface area contributed by atoms with Gasteiger partial charge >= 0.3 is 0 Å². The molecule has 1 atom stereocenters. The number of carbonyl (C=O) groups excluding carboxylic acids is 1. The monoisotopic (exact) mass is 331 g/mol. The van der Waals surface area contributed by atoms with E-state index in [2.05, 4.69) is 28.1 Å². The molecule has 20 heavy (non-hydrogen) atoms. The number of Topliss-reactive ketones (excluding diaryl/α,β-unsaturated/α-hetero) is 1. The summed E-state index contributed by atoms with van der Waals surface area (Å²) in [7, 11) is 0. The van der Waals surface area contributed by atoms with E-state index in [9.17, 15) is 4.79 Å². The van der Waals surface area contributed by atoms with E-state index >= 15 is 0 Å². The molecule has 1 aromatic carbocycles. The van der Waals surface area contributed by atoms with Gasteiger partial charge in [0.15, 0.2) is 5.78 Å². The lowest BCUT2D eigenvalue weighted by atomic mass is 9.90. The second kappa shape index (κ2) is 5.96. The number of carbonyl (C=O) groups is 1. The van der Waals surface area contributed by atoms with Gasteiger partial charge in [0.1, 0.15) is 4.95 Å². The third kappa shape index (κ3) is 2.88. The lowest BCUT2D eigenvalue weighted by molar-refractivity contribution is 0.0956. The summed E-state index contributed by atoms with van der Waals surface area (Å²) in [4.78, 5) is 14.5. The highest BCUT2D eigenvalue weighted by molar-refractivity contribution is 9.09. The van der Waals surface area contributed by atoms with E-state index in [0.29, 0.717) is 6.54 Å². The summed E-state index contributed by atoms with van der Waals surface area (Å²) in [6.07, 6.45) is 12.7. The van der Waals surface area contributed by atoms with Crippen LogP contribution in [0, 0.1) is 0 Å². The Bertz CT molecular complexity index is 576. The van der Waals surface area contributed by atoms with Gasteiger partial charge < -0.3 is 4.90 Å². The molecular formula is C17H18BrNO. The van der Waals surface area contributed by atoms with Gasteiger partial charge in [-0.2, -0.15) is 0 Å². The van der Waals surface area contributed by atoms with Gasteiger partial charge in [-0.1, -0.05) is 40.2 Å². The number of hydrogen-bond donors (Lipinski definition) is 0. The van der Waals surface area contributed by atoms with E-state index in [-0.39, 0.29) is 10.7 Å². The van der Waals surface area contributed by atoms with E-state index in [1.165, 1.54) is 24.0 Å². The minimum absolute atomic E-state index is 0.106. The SMILES string of the molecule is O=C(CN1C=CC=CC1Br)c1ccc2c(c1)CCCC2. The van der Waals surface area contributed by atoms with Crippen molar-refractivity contribution in [2.75, 3.05) is 6.54 Å². The first kappa shape index (κ1) is 13.6. The molecule has 0 N–H and O–H groups in total. The summed E-state index contributed by atoms with van der Waals surface area (Å²) in [6, 6.07) is 6.22. The van der Waals surface area contributed by atoms with Crippen molar-refractivity contribution in [3.8, 4) is 0 Å². The Morgan fingerprint density at radius 3 is 2.80 bits per heavy atom. The van der Waals surface area contributed by atoms with Crippen molar-refractivity contribution < 1.29 is 4.79 Å². The first-order valence-electron chi connectivity index (χ1n) is 7.14. The molecule has 0 fully saturated rings. The number of halogens is 1. The van der Waals surface area contributed by atoms with Crippen LogP contribution >= 0.6 is 15.9 Å². The number of alkyl halides is 1. The molecule has 2 aliphatic rings. The first-order valence-corrected chi connectivity index (χ1v) is 8.05. The molecule has 1 aromatic rings. The summed E-state index contributed by atoms with van der Waals surface area (Å²) >= 11 is 3.55. The topological polar surface area (TPSA) is 20.3 Å². The minimum Gasteiger partial charge on any atom is -0.354 e. The number of rotatable bonds is 3. The quantitative estimate of drug-likeness (QED) is 0.476. The predicted molar refractivity (Wildman–Crippen MR) is 85.1 cm³/mol. The molecule has 0 saturated carbocycles. The van der Waals surface area contributed by atoms with E-state index in [0.717, 1.165) is 18.4 Å². The largest absolute Gasteiger partial charge is 0.354 e. The van der Waals surface area contributed by atoms with E-state index < -0.39 is 0 Å². The number of fused-ring (bicyclic) bond motifs is 1. The van der Waals surface area contributed by atoms with Crippen LogP contribution in [0.15, 0.2) is 42.6 Å². The average molecular weight is 332 g/mol. The van der Waals surface area contributed by atoms with Gasteiger partial charge in [-0.05, 0) is 49.0 Å². The molecule has 0 bridgehead atoms. The van der Waals surface area contributed by atoms with Crippen molar-refractivity contribution in [1.82, 2.24) is 4.90 Å². The number of ketones is 1. The van der Waals surface area contributed by atoms with Crippen LogP contribution in [-0.4, -0.2) is 22.2 Å². The summed E-state index contributed by atoms with van der Waals surface area (Å²) in [5, 5.41) is 0. The molecule has 0 aromatic heterocycles. The Labute approximate surface area is 128 Å². The van der Waals surface area contributed by atoms with Crippen LogP contribution < -0.4 is 0 Å². The van der Waals surface area contributed by atoms with Gasteiger partial charge in [0.2, 0.25) is 0 Å². The maximum Gasteiger partial charge on any atom is 0.182 e. The van der Waals surface area contributed by atoms with Crippen LogP contribution in [-0.2, 0) is 12.8 Å². The average Bonchev–Trinajstić information content (AvgIpc) is 2.49. The highest BCUT2D eigenvalue weighted by Crippen LogP contribution is 2.23. The van der Waals surface area contributed by atoms with Gasteiger partial charge in [-0.25, -0.2) is 0 Å². The molecule has 3 rings (SSSR count). The molecule has 0 saturated heterocycles. The normalized spacial score (nSPS) is 20.9. The fraction of sp³-hybridized carbons (Fsp3) is 0.353. The van der Waals surface area contributed by atoms with Crippen molar-refractivity contribution in [3.63, 3.8) is 0 Å². The van der Waals surface area contributed by atoms with Gasteiger partial charge in [0.05, 0.1) is 6.54 Å². The molecular weight excluding hydrogens is 314 g/mol. The zero-order valence-corrected chi connectivity index (χ0v) is 13.0. The predicted octanol–water partition coefficient (Wildman–Crippen LogP) is 3.85. The van der Waals surface area contributed by atoms with Gasteiger partial charge in [-0.3, -0.25) is 4.79 Å². The third-order valence-corrected chi connectivity index (χ3v) is 4.80. The molecule has 0 spiro atoms. The molecule has 0 amide bonds.